The van der Waals surface area contributed by atoms with Crippen molar-refractivity contribution in [3.63, 3.8) is 0 Å². The van der Waals surface area contributed by atoms with E-state index >= 15 is 0 Å². The third kappa shape index (κ3) is 3.64. The molecular weight excluding hydrogens is 320 g/mol. The van der Waals surface area contributed by atoms with Crippen LogP contribution in [0.4, 0.5) is 10.8 Å². The summed E-state index contributed by atoms with van der Waals surface area (Å²) in [5.41, 5.74) is 1.25. The number of anilines is 2. The lowest BCUT2D eigenvalue weighted by molar-refractivity contribution is 0.340. The molecule has 0 atom stereocenters. The summed E-state index contributed by atoms with van der Waals surface area (Å²) in [7, 11) is 0. The van der Waals surface area contributed by atoms with Crippen LogP contribution in [-0.4, -0.2) is 43.0 Å². The Morgan fingerprint density at radius 2 is 1.71 bits per heavy atom. The average Bonchev–Trinajstić information content (AvgIpc) is 3.06. The molecule has 130 valence electrons. The molecule has 0 spiro atoms. The van der Waals surface area contributed by atoms with E-state index in [4.69, 9.17) is 4.74 Å². The number of para-hydroxylation sites is 2. The first kappa shape index (κ1) is 17.0. The second kappa shape index (κ2) is 6.97. The fourth-order valence-corrected chi connectivity index (χ4v) is 3.74. The maximum Gasteiger partial charge on any atom is 0.208 e. The summed E-state index contributed by atoms with van der Waals surface area (Å²) >= 11 is 1.72. The molecule has 1 saturated heterocycles. The smallest absolute Gasteiger partial charge is 0.208 e. The highest BCUT2D eigenvalue weighted by Gasteiger charge is 2.25. The minimum absolute atomic E-state index is 0.0637. The summed E-state index contributed by atoms with van der Waals surface area (Å²) in [5, 5.41) is 10.9. The van der Waals surface area contributed by atoms with Crippen LogP contribution in [-0.2, 0) is 5.41 Å². The maximum absolute atomic E-state index is 5.77. The van der Waals surface area contributed by atoms with Gasteiger partial charge in [-0.3, -0.25) is 0 Å². The van der Waals surface area contributed by atoms with Gasteiger partial charge in [-0.25, -0.2) is 0 Å². The van der Waals surface area contributed by atoms with Gasteiger partial charge in [0.15, 0.2) is 0 Å². The van der Waals surface area contributed by atoms with Crippen molar-refractivity contribution in [3.05, 3.63) is 29.3 Å². The number of benzene rings is 1. The van der Waals surface area contributed by atoms with Gasteiger partial charge in [-0.05, 0) is 19.1 Å². The predicted molar refractivity (Wildman–Crippen MR) is 101 cm³/mol. The van der Waals surface area contributed by atoms with Crippen LogP contribution < -0.4 is 14.5 Å². The molecule has 5 nitrogen and oxygen atoms in total. The molecule has 0 aliphatic carbocycles. The van der Waals surface area contributed by atoms with Crippen molar-refractivity contribution in [2.75, 3.05) is 42.6 Å². The molecule has 1 aromatic carbocycles. The SMILES string of the molecule is CCOc1ccccc1N1CCN(c2nnc(C(C)(C)C)s2)CC1. The Bertz CT molecular complexity index is 672. The van der Waals surface area contributed by atoms with Gasteiger partial charge in [0.2, 0.25) is 5.13 Å². The van der Waals surface area contributed by atoms with Crippen LogP contribution in [0.5, 0.6) is 5.75 Å². The van der Waals surface area contributed by atoms with E-state index in [1.807, 2.05) is 19.1 Å². The van der Waals surface area contributed by atoms with Crippen molar-refractivity contribution in [2.45, 2.75) is 33.1 Å². The standard InChI is InChI=1S/C18H26N4OS/c1-5-23-15-9-7-6-8-14(15)21-10-12-22(13-11-21)17-20-19-16(24-17)18(2,3)4/h6-9H,5,10-13H2,1-4H3. The van der Waals surface area contributed by atoms with Crippen molar-refractivity contribution >= 4 is 22.2 Å². The van der Waals surface area contributed by atoms with E-state index in [-0.39, 0.29) is 5.41 Å². The van der Waals surface area contributed by atoms with Crippen molar-refractivity contribution in [2.24, 2.45) is 0 Å². The van der Waals surface area contributed by atoms with Gasteiger partial charge in [0.1, 0.15) is 10.8 Å². The first-order chi connectivity index (χ1) is 11.5. The van der Waals surface area contributed by atoms with E-state index in [2.05, 4.69) is 52.9 Å². The average molecular weight is 347 g/mol. The van der Waals surface area contributed by atoms with Crippen LogP contribution in [0.1, 0.15) is 32.7 Å². The van der Waals surface area contributed by atoms with Crippen LogP contribution >= 0.6 is 11.3 Å². The second-order valence-electron chi connectivity index (χ2n) is 7.01. The molecule has 2 heterocycles. The molecule has 1 fully saturated rings. The zero-order chi connectivity index (χ0) is 17.2. The Morgan fingerprint density at radius 3 is 2.33 bits per heavy atom. The van der Waals surface area contributed by atoms with Crippen LogP contribution in [0.3, 0.4) is 0 Å². The summed E-state index contributed by atoms with van der Waals surface area (Å²) < 4.78 is 5.77. The molecule has 0 saturated carbocycles. The summed E-state index contributed by atoms with van der Waals surface area (Å²) in [4.78, 5) is 4.74. The summed E-state index contributed by atoms with van der Waals surface area (Å²) in [5.74, 6) is 0.972. The van der Waals surface area contributed by atoms with Gasteiger partial charge in [-0.1, -0.05) is 44.2 Å². The zero-order valence-corrected chi connectivity index (χ0v) is 15.8. The van der Waals surface area contributed by atoms with Gasteiger partial charge in [0.25, 0.3) is 0 Å². The number of hydrogen-bond donors (Lipinski definition) is 0. The van der Waals surface area contributed by atoms with Crippen molar-refractivity contribution in [3.8, 4) is 5.75 Å². The summed E-state index contributed by atoms with van der Waals surface area (Å²) in [6.45, 7) is 13.1. The van der Waals surface area contributed by atoms with E-state index in [0.29, 0.717) is 6.61 Å². The van der Waals surface area contributed by atoms with E-state index in [1.165, 1.54) is 5.69 Å². The molecule has 2 aromatic rings. The highest BCUT2D eigenvalue weighted by Crippen LogP contribution is 2.32. The molecule has 0 amide bonds. The van der Waals surface area contributed by atoms with Gasteiger partial charge in [0.05, 0.1) is 12.3 Å². The van der Waals surface area contributed by atoms with Gasteiger partial charge < -0.3 is 14.5 Å². The van der Waals surface area contributed by atoms with E-state index in [0.717, 1.165) is 42.1 Å². The molecule has 6 heteroatoms. The number of piperazine rings is 1. The molecular formula is C18H26N4OS. The molecule has 0 N–H and O–H groups in total. The van der Waals surface area contributed by atoms with E-state index in [9.17, 15) is 0 Å². The summed E-state index contributed by atoms with van der Waals surface area (Å²) in [6.07, 6.45) is 0. The Balaban J connectivity index is 1.67. The monoisotopic (exact) mass is 346 g/mol. The molecule has 0 radical (unpaired) electrons. The Labute approximate surface area is 148 Å². The summed E-state index contributed by atoms with van der Waals surface area (Å²) in [6, 6.07) is 8.29. The fourth-order valence-electron chi connectivity index (χ4n) is 2.78. The lowest BCUT2D eigenvalue weighted by Crippen LogP contribution is -2.46. The zero-order valence-electron chi connectivity index (χ0n) is 15.0. The van der Waals surface area contributed by atoms with Crippen LogP contribution in [0.2, 0.25) is 0 Å². The molecule has 0 bridgehead atoms. The minimum Gasteiger partial charge on any atom is -0.492 e. The Kier molecular flexibility index (Phi) is 4.94. The quantitative estimate of drug-likeness (QED) is 0.847. The number of rotatable bonds is 4. The van der Waals surface area contributed by atoms with Gasteiger partial charge in [0, 0.05) is 31.6 Å². The molecule has 24 heavy (non-hydrogen) atoms. The Hall–Kier alpha value is -1.82. The van der Waals surface area contributed by atoms with Gasteiger partial charge in [-0.2, -0.15) is 0 Å². The van der Waals surface area contributed by atoms with Crippen LogP contribution in [0.25, 0.3) is 0 Å². The number of hydrogen-bond acceptors (Lipinski definition) is 6. The van der Waals surface area contributed by atoms with Gasteiger partial charge >= 0.3 is 0 Å². The third-order valence-electron chi connectivity index (χ3n) is 4.11. The number of ether oxygens (including phenoxy) is 1. The first-order valence-corrected chi connectivity index (χ1v) is 9.36. The first-order valence-electron chi connectivity index (χ1n) is 8.54. The fraction of sp³-hybridized carbons (Fsp3) is 0.556. The predicted octanol–water partition coefficient (Wildman–Crippen LogP) is 3.56. The lowest BCUT2D eigenvalue weighted by Gasteiger charge is -2.36. The van der Waals surface area contributed by atoms with E-state index in [1.54, 1.807) is 11.3 Å². The number of aromatic nitrogens is 2. The van der Waals surface area contributed by atoms with Crippen molar-refractivity contribution in [1.82, 2.24) is 10.2 Å². The van der Waals surface area contributed by atoms with Crippen LogP contribution in [0, 0.1) is 0 Å². The Morgan fingerprint density at radius 1 is 1.04 bits per heavy atom. The normalized spacial score (nSPS) is 15.7. The molecule has 1 aliphatic heterocycles. The lowest BCUT2D eigenvalue weighted by atomic mass is 9.98. The van der Waals surface area contributed by atoms with Crippen molar-refractivity contribution in [1.29, 1.82) is 0 Å². The highest BCUT2D eigenvalue weighted by atomic mass is 32.1. The van der Waals surface area contributed by atoms with Crippen molar-refractivity contribution < 1.29 is 4.74 Å². The molecule has 3 rings (SSSR count). The molecule has 0 unspecified atom stereocenters. The van der Waals surface area contributed by atoms with Crippen LogP contribution in [0.15, 0.2) is 24.3 Å². The second-order valence-corrected chi connectivity index (χ2v) is 7.97. The largest absolute Gasteiger partial charge is 0.492 e. The molecule has 1 aromatic heterocycles. The highest BCUT2D eigenvalue weighted by molar-refractivity contribution is 7.15. The van der Waals surface area contributed by atoms with Gasteiger partial charge in [-0.15, -0.1) is 10.2 Å². The van der Waals surface area contributed by atoms with E-state index < -0.39 is 0 Å². The topological polar surface area (TPSA) is 41.5 Å². The number of nitrogens with zero attached hydrogens (tertiary/aromatic N) is 4. The molecule has 1 aliphatic rings. The minimum atomic E-state index is 0.0637. The maximum atomic E-state index is 5.77. The third-order valence-corrected chi connectivity index (χ3v) is 5.52.